The number of nitrogens with zero attached hydrogens (tertiary/aromatic N) is 2. The van der Waals surface area contributed by atoms with Crippen LogP contribution in [-0.2, 0) is 17.0 Å². The van der Waals surface area contributed by atoms with Gasteiger partial charge < -0.3 is 5.32 Å². The van der Waals surface area contributed by atoms with Gasteiger partial charge in [-0.05, 0) is 13.3 Å². The highest BCUT2D eigenvalue weighted by Gasteiger charge is 2.08. The van der Waals surface area contributed by atoms with Gasteiger partial charge in [-0.3, -0.25) is 9.89 Å². The third kappa shape index (κ3) is 4.35. The van der Waals surface area contributed by atoms with Crippen LogP contribution in [0.2, 0.25) is 0 Å². The van der Waals surface area contributed by atoms with Crippen LogP contribution in [-0.4, -0.2) is 26.8 Å². The van der Waals surface area contributed by atoms with E-state index in [0.717, 1.165) is 40.0 Å². The number of thioether (sulfide) groups is 1. The van der Waals surface area contributed by atoms with Gasteiger partial charge in [-0.15, -0.1) is 11.3 Å². The van der Waals surface area contributed by atoms with Crippen LogP contribution in [0.4, 0.5) is 5.82 Å². The number of amides is 1. The lowest BCUT2D eigenvalue weighted by Gasteiger charge is -2.04. The van der Waals surface area contributed by atoms with E-state index in [1.807, 2.05) is 13.8 Å². The molecule has 0 aliphatic rings. The molecule has 0 saturated carbocycles. The predicted octanol–water partition coefficient (Wildman–Crippen LogP) is 3.00. The van der Waals surface area contributed by atoms with Gasteiger partial charge in [0.05, 0.1) is 16.9 Å². The van der Waals surface area contributed by atoms with Crippen molar-refractivity contribution >= 4 is 34.8 Å². The molecule has 0 aliphatic carbocycles. The van der Waals surface area contributed by atoms with Crippen molar-refractivity contribution in [2.24, 2.45) is 0 Å². The SMILES string of the molecule is CCc1cn[nH]c1NC(=O)CCSCc1csc(C)n1. The van der Waals surface area contributed by atoms with Crippen LogP contribution in [0, 0.1) is 6.92 Å². The van der Waals surface area contributed by atoms with E-state index in [1.165, 1.54) is 0 Å². The lowest BCUT2D eigenvalue weighted by molar-refractivity contribution is -0.115. The van der Waals surface area contributed by atoms with Crippen LogP contribution in [0.15, 0.2) is 11.6 Å². The molecule has 0 saturated heterocycles. The minimum Gasteiger partial charge on any atom is -0.311 e. The van der Waals surface area contributed by atoms with Gasteiger partial charge in [0, 0.05) is 28.9 Å². The third-order valence-electron chi connectivity index (χ3n) is 2.75. The molecule has 0 aromatic carbocycles. The Hall–Kier alpha value is -1.34. The second-order valence-corrected chi connectivity index (χ2v) is 6.50. The Morgan fingerprint density at radius 2 is 2.40 bits per heavy atom. The number of rotatable bonds is 7. The maximum atomic E-state index is 11.8. The Morgan fingerprint density at radius 1 is 1.55 bits per heavy atom. The van der Waals surface area contributed by atoms with E-state index in [4.69, 9.17) is 0 Å². The molecule has 2 rings (SSSR count). The molecule has 5 nitrogen and oxygen atoms in total. The summed E-state index contributed by atoms with van der Waals surface area (Å²) in [6.07, 6.45) is 3.09. The van der Waals surface area contributed by atoms with E-state index < -0.39 is 0 Å². The molecule has 0 spiro atoms. The Labute approximate surface area is 126 Å². The second-order valence-electron chi connectivity index (χ2n) is 4.33. The number of carbonyl (C=O) groups excluding carboxylic acids is 1. The number of hydrogen-bond acceptors (Lipinski definition) is 5. The first kappa shape index (κ1) is 15.1. The lowest BCUT2D eigenvalue weighted by Crippen LogP contribution is -2.13. The number of aryl methyl sites for hydroxylation is 2. The Balaban J connectivity index is 1.68. The zero-order valence-corrected chi connectivity index (χ0v) is 13.2. The average Bonchev–Trinajstić information content (AvgIpc) is 3.03. The van der Waals surface area contributed by atoms with Gasteiger partial charge >= 0.3 is 0 Å². The highest BCUT2D eigenvalue weighted by molar-refractivity contribution is 7.98. The van der Waals surface area contributed by atoms with Gasteiger partial charge in [-0.1, -0.05) is 6.92 Å². The summed E-state index contributed by atoms with van der Waals surface area (Å²) in [6.45, 7) is 4.04. The summed E-state index contributed by atoms with van der Waals surface area (Å²) in [4.78, 5) is 16.2. The first-order chi connectivity index (χ1) is 9.69. The number of nitrogens with one attached hydrogen (secondary N) is 2. The zero-order valence-electron chi connectivity index (χ0n) is 11.6. The Kier molecular flexibility index (Phi) is 5.60. The molecule has 2 aromatic rings. The standard InChI is InChI=1S/C13H18N4OS2/c1-3-10-6-14-17-13(10)16-12(18)4-5-19-7-11-8-20-9(2)15-11/h6,8H,3-5,7H2,1-2H3,(H2,14,16,17,18). The van der Waals surface area contributed by atoms with Crippen LogP contribution in [0.5, 0.6) is 0 Å². The molecule has 0 atom stereocenters. The van der Waals surface area contributed by atoms with Gasteiger partial charge in [-0.2, -0.15) is 16.9 Å². The van der Waals surface area contributed by atoms with E-state index in [-0.39, 0.29) is 5.91 Å². The number of carbonyl (C=O) groups is 1. The Bertz CT molecular complexity index is 564. The van der Waals surface area contributed by atoms with Gasteiger partial charge in [0.25, 0.3) is 0 Å². The third-order valence-corrected chi connectivity index (χ3v) is 4.57. The average molecular weight is 310 g/mol. The largest absolute Gasteiger partial charge is 0.311 e. The minimum atomic E-state index is 0.0194. The summed E-state index contributed by atoms with van der Waals surface area (Å²) >= 11 is 3.39. The molecule has 0 fully saturated rings. The topological polar surface area (TPSA) is 70.7 Å². The van der Waals surface area contributed by atoms with Gasteiger partial charge in [0.1, 0.15) is 5.82 Å². The summed E-state index contributed by atoms with van der Waals surface area (Å²) in [5, 5.41) is 12.8. The van der Waals surface area contributed by atoms with E-state index in [9.17, 15) is 4.79 Å². The van der Waals surface area contributed by atoms with Crippen LogP contribution >= 0.6 is 23.1 Å². The van der Waals surface area contributed by atoms with Crippen molar-refractivity contribution in [1.82, 2.24) is 15.2 Å². The van der Waals surface area contributed by atoms with E-state index in [2.05, 4.69) is 25.9 Å². The number of aromatic nitrogens is 3. The summed E-state index contributed by atoms with van der Waals surface area (Å²) in [5.74, 6) is 2.39. The van der Waals surface area contributed by atoms with Crippen LogP contribution < -0.4 is 5.32 Å². The molecule has 2 N–H and O–H groups in total. The second kappa shape index (κ2) is 7.44. The molecule has 20 heavy (non-hydrogen) atoms. The summed E-state index contributed by atoms with van der Waals surface area (Å²) in [5.41, 5.74) is 2.13. The summed E-state index contributed by atoms with van der Waals surface area (Å²) < 4.78 is 0. The summed E-state index contributed by atoms with van der Waals surface area (Å²) in [7, 11) is 0. The minimum absolute atomic E-state index is 0.0194. The first-order valence-electron chi connectivity index (χ1n) is 6.50. The van der Waals surface area contributed by atoms with Crippen molar-refractivity contribution in [2.75, 3.05) is 11.1 Å². The molecule has 0 radical (unpaired) electrons. The fraction of sp³-hybridized carbons (Fsp3) is 0.462. The molecule has 0 unspecified atom stereocenters. The highest BCUT2D eigenvalue weighted by atomic mass is 32.2. The van der Waals surface area contributed by atoms with Crippen molar-refractivity contribution in [1.29, 1.82) is 0 Å². The molecule has 7 heteroatoms. The van der Waals surface area contributed by atoms with Crippen LogP contribution in [0.3, 0.4) is 0 Å². The molecule has 2 heterocycles. The van der Waals surface area contributed by atoms with Crippen molar-refractivity contribution in [2.45, 2.75) is 32.4 Å². The van der Waals surface area contributed by atoms with E-state index in [0.29, 0.717) is 6.42 Å². The summed E-state index contributed by atoms with van der Waals surface area (Å²) in [6, 6.07) is 0. The zero-order chi connectivity index (χ0) is 14.4. The van der Waals surface area contributed by atoms with Crippen molar-refractivity contribution in [3.63, 3.8) is 0 Å². The maximum Gasteiger partial charge on any atom is 0.226 e. The van der Waals surface area contributed by atoms with Crippen molar-refractivity contribution in [3.8, 4) is 0 Å². The number of aromatic amines is 1. The quantitative estimate of drug-likeness (QED) is 0.771. The molecule has 2 aromatic heterocycles. The Morgan fingerprint density at radius 3 is 3.10 bits per heavy atom. The molecule has 1 amide bonds. The maximum absolute atomic E-state index is 11.8. The molecular formula is C13H18N4OS2. The van der Waals surface area contributed by atoms with Gasteiger partial charge in [0.15, 0.2) is 0 Å². The smallest absolute Gasteiger partial charge is 0.226 e. The number of thiazole rings is 1. The highest BCUT2D eigenvalue weighted by Crippen LogP contribution is 2.16. The monoisotopic (exact) mass is 310 g/mol. The molecule has 108 valence electrons. The molecule has 0 aliphatic heterocycles. The van der Waals surface area contributed by atoms with E-state index in [1.54, 1.807) is 29.3 Å². The van der Waals surface area contributed by atoms with E-state index >= 15 is 0 Å². The lowest BCUT2D eigenvalue weighted by atomic mass is 10.2. The van der Waals surface area contributed by atoms with Gasteiger partial charge in [-0.25, -0.2) is 4.98 Å². The predicted molar refractivity (Wildman–Crippen MR) is 84.2 cm³/mol. The number of anilines is 1. The molecule has 0 bridgehead atoms. The van der Waals surface area contributed by atoms with Crippen molar-refractivity contribution < 1.29 is 4.79 Å². The fourth-order valence-electron chi connectivity index (χ4n) is 1.71. The van der Waals surface area contributed by atoms with Crippen LogP contribution in [0.1, 0.15) is 29.6 Å². The normalized spacial score (nSPS) is 10.7. The fourth-order valence-corrected chi connectivity index (χ4v) is 3.25. The molecular weight excluding hydrogens is 292 g/mol. The first-order valence-corrected chi connectivity index (χ1v) is 8.53. The number of hydrogen-bond donors (Lipinski definition) is 2. The number of H-pyrrole nitrogens is 1. The van der Waals surface area contributed by atoms with Crippen molar-refractivity contribution in [3.05, 3.63) is 27.8 Å². The van der Waals surface area contributed by atoms with Crippen LogP contribution in [0.25, 0.3) is 0 Å². The van der Waals surface area contributed by atoms with Gasteiger partial charge in [0.2, 0.25) is 5.91 Å².